The van der Waals surface area contributed by atoms with E-state index in [9.17, 15) is 0 Å². The fraction of sp³-hybridized carbons (Fsp3) is 0.600. The van der Waals surface area contributed by atoms with Gasteiger partial charge in [-0.05, 0) is 12.7 Å². The normalized spacial score (nSPS) is 12.5. The lowest BCUT2D eigenvalue weighted by molar-refractivity contribution is 0.645. The first kappa shape index (κ1) is 12.3. The van der Waals surface area contributed by atoms with Gasteiger partial charge in [0.2, 0.25) is 0 Å². The predicted octanol–water partition coefficient (Wildman–Crippen LogP) is 1.74. The van der Waals surface area contributed by atoms with Crippen LogP contribution in [-0.4, -0.2) is 28.8 Å². The molecule has 0 bridgehead atoms. The maximum Gasteiger partial charge on any atom is 0.130 e. The first-order valence-electron chi connectivity index (χ1n) is 5.12. The SMILES string of the molecule is CCCC(CN)Nc1cc(SC)ncn1. The van der Waals surface area contributed by atoms with Crippen molar-refractivity contribution >= 4 is 17.6 Å². The Bertz CT molecular complexity index is 293. The van der Waals surface area contributed by atoms with E-state index >= 15 is 0 Å². The highest BCUT2D eigenvalue weighted by atomic mass is 32.2. The summed E-state index contributed by atoms with van der Waals surface area (Å²) in [5.74, 6) is 0.859. The van der Waals surface area contributed by atoms with Crippen LogP contribution >= 0.6 is 11.8 Å². The molecule has 1 atom stereocenters. The van der Waals surface area contributed by atoms with Crippen molar-refractivity contribution in [3.63, 3.8) is 0 Å². The van der Waals surface area contributed by atoms with Crippen LogP contribution in [0, 0.1) is 0 Å². The van der Waals surface area contributed by atoms with Crippen LogP contribution in [0.2, 0.25) is 0 Å². The van der Waals surface area contributed by atoms with Crippen LogP contribution in [0.3, 0.4) is 0 Å². The molecule has 15 heavy (non-hydrogen) atoms. The molecule has 1 rings (SSSR count). The number of rotatable bonds is 6. The standard InChI is InChI=1S/C10H18N4S/c1-3-4-8(6-11)14-9-5-10(15-2)13-7-12-9/h5,7-8H,3-4,6,11H2,1-2H3,(H,12,13,14). The summed E-state index contributed by atoms with van der Waals surface area (Å²) in [7, 11) is 0. The van der Waals surface area contributed by atoms with Gasteiger partial charge in [-0.15, -0.1) is 11.8 Å². The van der Waals surface area contributed by atoms with Crippen LogP contribution in [0.15, 0.2) is 17.4 Å². The van der Waals surface area contributed by atoms with Crippen LogP contribution in [-0.2, 0) is 0 Å². The molecule has 0 spiro atoms. The minimum Gasteiger partial charge on any atom is -0.366 e. The lowest BCUT2D eigenvalue weighted by Crippen LogP contribution is -2.29. The second kappa shape index (κ2) is 6.63. The Balaban J connectivity index is 2.61. The van der Waals surface area contributed by atoms with Gasteiger partial charge in [0, 0.05) is 18.7 Å². The minimum absolute atomic E-state index is 0.305. The molecule has 3 N–H and O–H groups in total. The summed E-state index contributed by atoms with van der Waals surface area (Å²) in [6.45, 7) is 2.78. The average molecular weight is 226 g/mol. The number of nitrogens with zero attached hydrogens (tertiary/aromatic N) is 2. The van der Waals surface area contributed by atoms with Crippen LogP contribution in [0.1, 0.15) is 19.8 Å². The van der Waals surface area contributed by atoms with Crippen molar-refractivity contribution < 1.29 is 0 Å². The molecule has 0 fully saturated rings. The second-order valence-corrected chi connectivity index (χ2v) is 4.14. The van der Waals surface area contributed by atoms with Gasteiger partial charge < -0.3 is 11.1 Å². The summed E-state index contributed by atoms with van der Waals surface area (Å²) in [6, 6.07) is 2.25. The lowest BCUT2D eigenvalue weighted by atomic mass is 10.2. The molecule has 4 nitrogen and oxygen atoms in total. The maximum atomic E-state index is 5.67. The molecule has 0 aliphatic carbocycles. The Morgan fingerprint density at radius 1 is 1.53 bits per heavy atom. The number of hydrogen-bond acceptors (Lipinski definition) is 5. The van der Waals surface area contributed by atoms with Crippen LogP contribution in [0.4, 0.5) is 5.82 Å². The zero-order chi connectivity index (χ0) is 11.1. The number of thioether (sulfide) groups is 1. The molecule has 0 aliphatic rings. The van der Waals surface area contributed by atoms with E-state index in [0.29, 0.717) is 12.6 Å². The number of anilines is 1. The molecule has 0 aliphatic heterocycles. The van der Waals surface area contributed by atoms with E-state index in [2.05, 4.69) is 22.2 Å². The van der Waals surface area contributed by atoms with E-state index in [1.54, 1.807) is 18.1 Å². The van der Waals surface area contributed by atoms with Crippen molar-refractivity contribution in [2.45, 2.75) is 30.8 Å². The van der Waals surface area contributed by atoms with Gasteiger partial charge >= 0.3 is 0 Å². The van der Waals surface area contributed by atoms with Crippen molar-refractivity contribution in [2.75, 3.05) is 18.1 Å². The van der Waals surface area contributed by atoms with Gasteiger partial charge in [0.05, 0.1) is 0 Å². The Kier molecular flexibility index (Phi) is 5.42. The van der Waals surface area contributed by atoms with Crippen molar-refractivity contribution in [2.24, 2.45) is 5.73 Å². The molecule has 1 aromatic heterocycles. The van der Waals surface area contributed by atoms with Gasteiger partial charge in [-0.25, -0.2) is 9.97 Å². The summed E-state index contributed by atoms with van der Waals surface area (Å²) in [4.78, 5) is 8.28. The number of hydrogen-bond donors (Lipinski definition) is 2. The van der Waals surface area contributed by atoms with Crippen molar-refractivity contribution in [3.05, 3.63) is 12.4 Å². The van der Waals surface area contributed by atoms with Gasteiger partial charge in [0.25, 0.3) is 0 Å². The molecule has 0 saturated heterocycles. The van der Waals surface area contributed by atoms with E-state index in [1.807, 2.05) is 12.3 Å². The molecule has 0 aromatic carbocycles. The topological polar surface area (TPSA) is 63.8 Å². The molecule has 1 heterocycles. The van der Waals surface area contributed by atoms with E-state index in [-0.39, 0.29) is 0 Å². The molecule has 0 radical (unpaired) electrons. The molecule has 84 valence electrons. The van der Waals surface area contributed by atoms with E-state index < -0.39 is 0 Å². The Labute approximate surface area is 95.1 Å². The summed E-state index contributed by atoms with van der Waals surface area (Å²) >= 11 is 1.61. The number of nitrogens with two attached hydrogens (primary N) is 1. The zero-order valence-electron chi connectivity index (χ0n) is 9.23. The fourth-order valence-electron chi connectivity index (χ4n) is 1.34. The minimum atomic E-state index is 0.305. The van der Waals surface area contributed by atoms with Crippen molar-refractivity contribution in [3.8, 4) is 0 Å². The summed E-state index contributed by atoms with van der Waals surface area (Å²) in [5, 5.41) is 4.29. The fourth-order valence-corrected chi connectivity index (χ4v) is 1.72. The maximum absolute atomic E-state index is 5.67. The van der Waals surface area contributed by atoms with Crippen molar-refractivity contribution in [1.29, 1.82) is 0 Å². The van der Waals surface area contributed by atoms with E-state index in [1.165, 1.54) is 0 Å². The monoisotopic (exact) mass is 226 g/mol. The van der Waals surface area contributed by atoms with Gasteiger partial charge in [-0.3, -0.25) is 0 Å². The first-order valence-corrected chi connectivity index (χ1v) is 6.35. The van der Waals surface area contributed by atoms with Crippen molar-refractivity contribution in [1.82, 2.24) is 9.97 Å². The highest BCUT2D eigenvalue weighted by Crippen LogP contribution is 2.14. The molecule has 5 heteroatoms. The first-order chi connectivity index (χ1) is 7.30. The Morgan fingerprint density at radius 2 is 2.33 bits per heavy atom. The highest BCUT2D eigenvalue weighted by Gasteiger charge is 2.06. The largest absolute Gasteiger partial charge is 0.366 e. The quantitative estimate of drug-likeness (QED) is 0.571. The number of nitrogens with one attached hydrogen (secondary N) is 1. The summed E-state index contributed by atoms with van der Waals surface area (Å²) < 4.78 is 0. The van der Waals surface area contributed by atoms with Gasteiger partial charge in [0.15, 0.2) is 0 Å². The highest BCUT2D eigenvalue weighted by molar-refractivity contribution is 7.98. The summed E-state index contributed by atoms with van der Waals surface area (Å²) in [5.41, 5.74) is 5.67. The molecule has 0 saturated carbocycles. The molecular formula is C10H18N4S. The average Bonchev–Trinajstić information content (AvgIpc) is 2.29. The summed E-state index contributed by atoms with van der Waals surface area (Å²) in [6.07, 6.45) is 5.76. The third-order valence-corrected chi connectivity index (χ3v) is 2.77. The van der Waals surface area contributed by atoms with E-state index in [0.717, 1.165) is 23.7 Å². The van der Waals surface area contributed by atoms with Crippen LogP contribution in [0.25, 0.3) is 0 Å². The third-order valence-electron chi connectivity index (χ3n) is 2.12. The molecule has 1 aromatic rings. The zero-order valence-corrected chi connectivity index (χ0v) is 10.0. The van der Waals surface area contributed by atoms with Gasteiger partial charge in [-0.2, -0.15) is 0 Å². The van der Waals surface area contributed by atoms with Crippen LogP contribution < -0.4 is 11.1 Å². The Hall–Kier alpha value is -0.810. The second-order valence-electron chi connectivity index (χ2n) is 3.31. The Morgan fingerprint density at radius 3 is 2.93 bits per heavy atom. The lowest BCUT2D eigenvalue weighted by Gasteiger charge is -2.16. The molecular weight excluding hydrogens is 208 g/mol. The third kappa shape index (κ3) is 4.05. The molecule has 0 amide bonds. The molecule has 1 unspecified atom stereocenters. The van der Waals surface area contributed by atoms with Gasteiger partial charge in [-0.1, -0.05) is 13.3 Å². The smallest absolute Gasteiger partial charge is 0.130 e. The van der Waals surface area contributed by atoms with Crippen LogP contribution in [0.5, 0.6) is 0 Å². The van der Waals surface area contributed by atoms with E-state index in [4.69, 9.17) is 5.73 Å². The van der Waals surface area contributed by atoms with Gasteiger partial charge in [0.1, 0.15) is 17.2 Å². The number of aromatic nitrogens is 2. The predicted molar refractivity (Wildman–Crippen MR) is 65.2 cm³/mol.